The summed E-state index contributed by atoms with van der Waals surface area (Å²) in [5, 5.41) is 10.2. The first-order valence-corrected chi connectivity index (χ1v) is 10.6. The van der Waals surface area contributed by atoms with E-state index in [0.29, 0.717) is 11.6 Å². The summed E-state index contributed by atoms with van der Waals surface area (Å²) in [7, 11) is 0. The van der Waals surface area contributed by atoms with Crippen LogP contribution in [0.2, 0.25) is 0 Å². The average molecular weight is 406 g/mol. The number of hydrogen-bond acceptors (Lipinski definition) is 4. The maximum absolute atomic E-state index is 11.6. The first-order valence-electron chi connectivity index (χ1n) is 10.6. The van der Waals surface area contributed by atoms with Gasteiger partial charge in [-0.25, -0.2) is 0 Å². The van der Waals surface area contributed by atoms with E-state index in [1.54, 1.807) is 6.07 Å². The van der Waals surface area contributed by atoms with Gasteiger partial charge < -0.3 is 10.6 Å². The molecule has 0 saturated heterocycles. The normalized spacial score (nSPS) is 12.9. The van der Waals surface area contributed by atoms with E-state index in [4.69, 9.17) is 0 Å². The van der Waals surface area contributed by atoms with Crippen molar-refractivity contribution in [3.63, 3.8) is 0 Å². The largest absolute Gasteiger partial charge is 0.376 e. The molecule has 4 heteroatoms. The van der Waals surface area contributed by atoms with Gasteiger partial charge in [-0.05, 0) is 86.2 Å². The molecule has 0 spiro atoms. The zero-order chi connectivity index (χ0) is 22.5. The Morgan fingerprint density at radius 3 is 2.23 bits per heavy atom. The topological polar surface area (TPSA) is 53.5 Å². The summed E-state index contributed by atoms with van der Waals surface area (Å²) < 4.78 is 0. The van der Waals surface area contributed by atoms with Crippen molar-refractivity contribution in [2.75, 3.05) is 10.6 Å². The van der Waals surface area contributed by atoms with Crippen molar-refractivity contribution >= 4 is 17.1 Å². The van der Waals surface area contributed by atoms with Crippen LogP contribution in [-0.4, -0.2) is 5.54 Å². The third-order valence-corrected chi connectivity index (χ3v) is 5.55. The van der Waals surface area contributed by atoms with Crippen LogP contribution in [0.25, 0.3) is 11.1 Å². The van der Waals surface area contributed by atoms with Crippen molar-refractivity contribution in [2.24, 2.45) is 11.1 Å². The average Bonchev–Trinajstić information content (AvgIpc) is 2.68. The molecule has 1 unspecified atom stereocenters. The van der Waals surface area contributed by atoms with Gasteiger partial charge in [0.25, 0.3) is 0 Å². The molecule has 30 heavy (non-hydrogen) atoms. The number of anilines is 2. The molecule has 0 radical (unpaired) electrons. The third-order valence-electron chi connectivity index (χ3n) is 5.55. The van der Waals surface area contributed by atoms with Gasteiger partial charge in [-0.15, -0.1) is 4.91 Å². The third kappa shape index (κ3) is 5.59. The van der Waals surface area contributed by atoms with E-state index in [-0.39, 0.29) is 5.54 Å². The van der Waals surface area contributed by atoms with Crippen LogP contribution in [0.4, 0.5) is 17.1 Å². The fraction of sp³-hybridized carbons (Fsp3) is 0.385. The predicted molar refractivity (Wildman–Crippen MR) is 131 cm³/mol. The summed E-state index contributed by atoms with van der Waals surface area (Å²) in [5.41, 5.74) is 7.07. The van der Waals surface area contributed by atoms with E-state index >= 15 is 0 Å². The first kappa shape index (κ1) is 23.4. The minimum Gasteiger partial charge on any atom is -0.376 e. The Morgan fingerprint density at radius 2 is 1.70 bits per heavy atom. The summed E-state index contributed by atoms with van der Waals surface area (Å²) in [4.78, 5) is 11.6. The fourth-order valence-electron chi connectivity index (χ4n) is 3.49. The van der Waals surface area contributed by atoms with Crippen molar-refractivity contribution in [3.8, 4) is 11.1 Å². The lowest BCUT2D eigenvalue weighted by Crippen LogP contribution is -2.34. The van der Waals surface area contributed by atoms with Gasteiger partial charge in [0.2, 0.25) is 0 Å². The van der Waals surface area contributed by atoms with Crippen LogP contribution in [0.1, 0.15) is 53.5 Å². The minimum absolute atomic E-state index is 0.225. The van der Waals surface area contributed by atoms with Crippen molar-refractivity contribution in [3.05, 3.63) is 71.3 Å². The number of nitrogens with zero attached hydrogens (tertiary/aromatic N) is 1. The van der Waals surface area contributed by atoms with Gasteiger partial charge in [0.1, 0.15) is 5.69 Å². The highest BCUT2D eigenvalue weighted by Crippen LogP contribution is 2.38. The van der Waals surface area contributed by atoms with E-state index in [0.717, 1.165) is 46.6 Å². The van der Waals surface area contributed by atoms with Crippen molar-refractivity contribution in [2.45, 2.75) is 59.9 Å². The lowest BCUT2D eigenvalue weighted by Gasteiger charge is -2.32. The number of hydrogen-bond donors (Lipinski definition) is 2. The van der Waals surface area contributed by atoms with Gasteiger partial charge in [0.15, 0.2) is 0 Å². The highest BCUT2D eigenvalue weighted by Gasteiger charge is 2.23. The lowest BCUT2D eigenvalue weighted by atomic mass is 9.89. The number of nitroso groups, excluding NO2 is 1. The second kappa shape index (κ2) is 9.75. The SMILES string of the molecule is C=C(C)Nc1ccc(CC(C)C)c(-c2cc(NC(C)(CC)C(=C)C)ccc2N=O)c1. The molecule has 0 fully saturated rings. The minimum atomic E-state index is -0.225. The maximum atomic E-state index is 11.6. The number of nitrogens with one attached hydrogen (secondary N) is 2. The summed E-state index contributed by atoms with van der Waals surface area (Å²) in [6.07, 6.45) is 1.82. The van der Waals surface area contributed by atoms with Crippen LogP contribution in [0.5, 0.6) is 0 Å². The summed E-state index contributed by atoms with van der Waals surface area (Å²) >= 11 is 0. The molecule has 2 N–H and O–H groups in total. The van der Waals surface area contributed by atoms with E-state index in [1.165, 1.54) is 5.56 Å². The second-order valence-corrected chi connectivity index (χ2v) is 8.79. The molecule has 0 bridgehead atoms. The van der Waals surface area contributed by atoms with Crippen molar-refractivity contribution in [1.29, 1.82) is 0 Å². The zero-order valence-electron chi connectivity index (χ0n) is 19.2. The van der Waals surface area contributed by atoms with Gasteiger partial charge >= 0.3 is 0 Å². The molecule has 1 atom stereocenters. The van der Waals surface area contributed by atoms with Crippen LogP contribution < -0.4 is 10.6 Å². The molecule has 2 aromatic carbocycles. The molecule has 0 aliphatic carbocycles. The smallest absolute Gasteiger partial charge is 0.115 e. The quantitative estimate of drug-likeness (QED) is 0.310. The maximum Gasteiger partial charge on any atom is 0.115 e. The lowest BCUT2D eigenvalue weighted by molar-refractivity contribution is 0.578. The molecule has 0 amide bonds. The monoisotopic (exact) mass is 405 g/mol. The number of allylic oxidation sites excluding steroid dienone is 1. The van der Waals surface area contributed by atoms with E-state index in [9.17, 15) is 4.91 Å². The Balaban J connectivity index is 2.63. The van der Waals surface area contributed by atoms with E-state index in [2.05, 4.69) is 74.9 Å². The van der Waals surface area contributed by atoms with E-state index < -0.39 is 0 Å². The Morgan fingerprint density at radius 1 is 1.07 bits per heavy atom. The van der Waals surface area contributed by atoms with Crippen LogP contribution >= 0.6 is 0 Å². The molecule has 0 heterocycles. The molecule has 160 valence electrons. The highest BCUT2D eigenvalue weighted by molar-refractivity contribution is 5.83. The molecular weight excluding hydrogens is 370 g/mol. The molecular formula is C26H35N3O. The molecule has 0 aliphatic heterocycles. The zero-order valence-corrected chi connectivity index (χ0v) is 19.2. The fourth-order valence-corrected chi connectivity index (χ4v) is 3.49. The van der Waals surface area contributed by atoms with Gasteiger partial charge in [-0.2, -0.15) is 0 Å². The van der Waals surface area contributed by atoms with E-state index in [1.807, 2.05) is 26.0 Å². The van der Waals surface area contributed by atoms with Gasteiger partial charge in [0, 0.05) is 22.6 Å². The Labute approximate surface area is 181 Å². The van der Waals surface area contributed by atoms with Crippen LogP contribution in [0, 0.1) is 10.8 Å². The molecule has 2 aromatic rings. The van der Waals surface area contributed by atoms with Crippen LogP contribution in [0.3, 0.4) is 0 Å². The van der Waals surface area contributed by atoms with Crippen molar-refractivity contribution < 1.29 is 0 Å². The summed E-state index contributed by atoms with van der Waals surface area (Å²) in [5.74, 6) is 0.490. The van der Waals surface area contributed by atoms with Gasteiger partial charge in [0.05, 0.1) is 5.54 Å². The van der Waals surface area contributed by atoms with Gasteiger partial charge in [-0.3, -0.25) is 0 Å². The van der Waals surface area contributed by atoms with Gasteiger partial charge in [-0.1, -0.05) is 45.6 Å². The second-order valence-electron chi connectivity index (χ2n) is 8.79. The molecule has 0 aromatic heterocycles. The Bertz CT molecular complexity index is 945. The first-order chi connectivity index (χ1) is 14.1. The molecule has 4 nitrogen and oxygen atoms in total. The van der Waals surface area contributed by atoms with Crippen LogP contribution in [0.15, 0.2) is 66.0 Å². The Hall–Kier alpha value is -2.88. The standard InChI is InChI=1S/C26H35N3O/c1-9-26(8,18(4)5)28-22-12-13-25(29-30)24(16-22)23-15-21(27-19(6)7)11-10-20(23)14-17(2)3/h10-13,15-17,27-28H,4,6,9,14H2,1-3,5,7-8H3. The summed E-state index contributed by atoms with van der Waals surface area (Å²) in [6.45, 7) is 20.7. The van der Waals surface area contributed by atoms with Crippen molar-refractivity contribution in [1.82, 2.24) is 0 Å². The molecule has 2 rings (SSSR count). The molecule has 0 saturated carbocycles. The number of benzene rings is 2. The number of rotatable bonds is 10. The summed E-state index contributed by atoms with van der Waals surface area (Å²) in [6, 6.07) is 12.0. The highest BCUT2D eigenvalue weighted by atomic mass is 16.3. The predicted octanol–water partition coefficient (Wildman–Crippen LogP) is 8.05. The van der Waals surface area contributed by atoms with Crippen LogP contribution in [-0.2, 0) is 6.42 Å². The molecule has 0 aliphatic rings. The Kier molecular flexibility index (Phi) is 7.60.